The van der Waals surface area contributed by atoms with E-state index in [1.165, 1.54) is 32.1 Å². The van der Waals surface area contributed by atoms with Crippen molar-refractivity contribution in [3.05, 3.63) is 0 Å². The predicted octanol–water partition coefficient (Wildman–Crippen LogP) is 3.08. The Balaban J connectivity index is 1.68. The second-order valence-electron chi connectivity index (χ2n) is 7.36. The van der Waals surface area contributed by atoms with Crippen LogP contribution < -0.4 is 11.1 Å². The molecular formula is C17H32N2O. The zero-order valence-electron chi connectivity index (χ0n) is 13.2. The Labute approximate surface area is 124 Å². The molecule has 3 nitrogen and oxygen atoms in total. The van der Waals surface area contributed by atoms with Gasteiger partial charge in [-0.2, -0.15) is 0 Å². The maximum absolute atomic E-state index is 12.2. The van der Waals surface area contributed by atoms with Gasteiger partial charge in [0.1, 0.15) is 0 Å². The summed E-state index contributed by atoms with van der Waals surface area (Å²) >= 11 is 0. The maximum atomic E-state index is 12.2. The predicted molar refractivity (Wildman–Crippen MR) is 83.2 cm³/mol. The van der Waals surface area contributed by atoms with Crippen molar-refractivity contribution < 1.29 is 4.79 Å². The van der Waals surface area contributed by atoms with Crippen LogP contribution in [-0.4, -0.2) is 18.5 Å². The number of amides is 1. The van der Waals surface area contributed by atoms with Gasteiger partial charge in [0.15, 0.2) is 0 Å². The third-order valence-electron chi connectivity index (χ3n) is 5.74. The quantitative estimate of drug-likeness (QED) is 0.831. The van der Waals surface area contributed by atoms with Gasteiger partial charge in [-0.15, -0.1) is 0 Å². The van der Waals surface area contributed by atoms with E-state index in [1.54, 1.807) is 0 Å². The summed E-state index contributed by atoms with van der Waals surface area (Å²) in [5, 5.41) is 3.28. The Morgan fingerprint density at radius 3 is 2.25 bits per heavy atom. The number of hydrogen-bond donors (Lipinski definition) is 2. The summed E-state index contributed by atoms with van der Waals surface area (Å²) in [4.78, 5) is 12.2. The van der Waals surface area contributed by atoms with E-state index in [0.29, 0.717) is 17.9 Å². The van der Waals surface area contributed by atoms with E-state index in [1.807, 2.05) is 0 Å². The molecule has 0 aromatic heterocycles. The Kier molecular flexibility index (Phi) is 5.88. The molecule has 3 heteroatoms. The molecule has 2 aliphatic rings. The van der Waals surface area contributed by atoms with Gasteiger partial charge < -0.3 is 11.1 Å². The van der Waals surface area contributed by atoms with Crippen LogP contribution in [0.5, 0.6) is 0 Å². The minimum atomic E-state index is 0.285. The topological polar surface area (TPSA) is 55.1 Å². The van der Waals surface area contributed by atoms with Crippen LogP contribution in [0.3, 0.4) is 0 Å². The van der Waals surface area contributed by atoms with Gasteiger partial charge in [0.25, 0.3) is 0 Å². The third kappa shape index (κ3) is 4.47. The molecule has 0 saturated heterocycles. The van der Waals surface area contributed by atoms with Crippen molar-refractivity contribution >= 4 is 5.91 Å². The van der Waals surface area contributed by atoms with Crippen molar-refractivity contribution in [2.24, 2.45) is 29.4 Å². The Morgan fingerprint density at radius 1 is 1.00 bits per heavy atom. The molecule has 0 spiro atoms. The number of hydrogen-bond acceptors (Lipinski definition) is 2. The molecule has 0 aromatic carbocycles. The van der Waals surface area contributed by atoms with Crippen molar-refractivity contribution in [1.29, 1.82) is 0 Å². The highest BCUT2D eigenvalue weighted by Gasteiger charge is 2.27. The second-order valence-corrected chi connectivity index (χ2v) is 7.36. The SMILES string of the molecule is CC1CCC(NC(=O)CC2CCC(CN)CC2)CC1C. The molecule has 116 valence electrons. The van der Waals surface area contributed by atoms with Gasteiger partial charge in [0, 0.05) is 12.5 Å². The van der Waals surface area contributed by atoms with Gasteiger partial charge in [-0.25, -0.2) is 0 Å². The molecule has 0 bridgehead atoms. The van der Waals surface area contributed by atoms with Crippen molar-refractivity contribution in [3.63, 3.8) is 0 Å². The van der Waals surface area contributed by atoms with Crippen LogP contribution in [0.25, 0.3) is 0 Å². The van der Waals surface area contributed by atoms with Gasteiger partial charge in [0.05, 0.1) is 0 Å². The largest absolute Gasteiger partial charge is 0.353 e. The molecule has 2 rings (SSSR count). The first-order valence-electron chi connectivity index (χ1n) is 8.58. The van der Waals surface area contributed by atoms with Crippen LogP contribution in [0.4, 0.5) is 0 Å². The van der Waals surface area contributed by atoms with Crippen molar-refractivity contribution in [2.45, 2.75) is 71.3 Å². The van der Waals surface area contributed by atoms with Crippen molar-refractivity contribution in [1.82, 2.24) is 5.32 Å². The highest BCUT2D eigenvalue weighted by Crippen LogP contribution is 2.31. The number of nitrogens with two attached hydrogens (primary N) is 1. The molecule has 1 amide bonds. The van der Waals surface area contributed by atoms with E-state index in [9.17, 15) is 4.79 Å². The Morgan fingerprint density at radius 2 is 1.65 bits per heavy atom. The first-order chi connectivity index (χ1) is 9.58. The average molecular weight is 280 g/mol. The number of rotatable bonds is 4. The third-order valence-corrected chi connectivity index (χ3v) is 5.74. The lowest BCUT2D eigenvalue weighted by Crippen LogP contribution is -2.40. The van der Waals surface area contributed by atoms with Crippen molar-refractivity contribution in [2.75, 3.05) is 6.54 Å². The van der Waals surface area contributed by atoms with Crippen LogP contribution >= 0.6 is 0 Å². The fourth-order valence-corrected chi connectivity index (χ4v) is 3.90. The van der Waals surface area contributed by atoms with Gasteiger partial charge in [0.2, 0.25) is 5.91 Å². The summed E-state index contributed by atoms with van der Waals surface area (Å²) in [5.74, 6) is 3.14. The minimum absolute atomic E-state index is 0.285. The Hall–Kier alpha value is -0.570. The summed E-state index contributed by atoms with van der Waals surface area (Å²) in [6.07, 6.45) is 9.12. The molecule has 2 fully saturated rings. The fourth-order valence-electron chi connectivity index (χ4n) is 3.90. The molecule has 3 N–H and O–H groups in total. The summed E-state index contributed by atoms with van der Waals surface area (Å²) in [5.41, 5.74) is 5.72. The number of carbonyl (C=O) groups is 1. The first kappa shape index (κ1) is 15.8. The lowest BCUT2D eigenvalue weighted by atomic mass is 9.78. The second kappa shape index (κ2) is 7.44. The monoisotopic (exact) mass is 280 g/mol. The van der Waals surface area contributed by atoms with Gasteiger partial charge >= 0.3 is 0 Å². The van der Waals surface area contributed by atoms with E-state index < -0.39 is 0 Å². The number of nitrogens with one attached hydrogen (secondary N) is 1. The highest BCUT2D eigenvalue weighted by atomic mass is 16.1. The van der Waals surface area contributed by atoms with Crippen LogP contribution in [0.15, 0.2) is 0 Å². The van der Waals surface area contributed by atoms with Crippen LogP contribution in [-0.2, 0) is 4.79 Å². The number of carbonyl (C=O) groups excluding carboxylic acids is 1. The average Bonchev–Trinajstić information content (AvgIpc) is 2.44. The molecule has 0 heterocycles. The molecule has 0 aliphatic heterocycles. The summed E-state index contributed by atoms with van der Waals surface area (Å²) in [6, 6.07) is 0.425. The molecule has 3 unspecified atom stereocenters. The molecule has 0 aromatic rings. The summed E-state index contributed by atoms with van der Waals surface area (Å²) in [7, 11) is 0. The maximum Gasteiger partial charge on any atom is 0.220 e. The molecular weight excluding hydrogens is 248 g/mol. The fraction of sp³-hybridized carbons (Fsp3) is 0.941. The summed E-state index contributed by atoms with van der Waals surface area (Å²) in [6.45, 7) is 5.47. The van der Waals surface area contributed by atoms with E-state index >= 15 is 0 Å². The standard InChI is InChI=1S/C17H32N2O/c1-12-3-8-16(9-13(12)2)19-17(20)10-14-4-6-15(11-18)7-5-14/h12-16H,3-11,18H2,1-2H3,(H,19,20). The Bertz CT molecular complexity index is 310. The van der Waals surface area contributed by atoms with E-state index in [0.717, 1.165) is 37.6 Å². The normalized spacial score (nSPS) is 38.5. The molecule has 20 heavy (non-hydrogen) atoms. The molecule has 2 saturated carbocycles. The lowest BCUT2D eigenvalue weighted by molar-refractivity contribution is -0.123. The molecule has 0 radical (unpaired) electrons. The lowest BCUT2D eigenvalue weighted by Gasteiger charge is -2.33. The van der Waals surface area contributed by atoms with Gasteiger partial charge in [-0.3, -0.25) is 4.79 Å². The van der Waals surface area contributed by atoms with Crippen LogP contribution in [0.1, 0.15) is 65.2 Å². The van der Waals surface area contributed by atoms with Crippen LogP contribution in [0.2, 0.25) is 0 Å². The molecule has 2 aliphatic carbocycles. The molecule has 3 atom stereocenters. The van der Waals surface area contributed by atoms with E-state index in [-0.39, 0.29) is 5.91 Å². The van der Waals surface area contributed by atoms with E-state index in [4.69, 9.17) is 5.73 Å². The van der Waals surface area contributed by atoms with Crippen LogP contribution in [0, 0.1) is 23.7 Å². The van der Waals surface area contributed by atoms with E-state index in [2.05, 4.69) is 19.2 Å². The minimum Gasteiger partial charge on any atom is -0.353 e. The summed E-state index contributed by atoms with van der Waals surface area (Å²) < 4.78 is 0. The van der Waals surface area contributed by atoms with Crippen molar-refractivity contribution in [3.8, 4) is 0 Å². The zero-order chi connectivity index (χ0) is 14.5. The smallest absolute Gasteiger partial charge is 0.220 e. The zero-order valence-corrected chi connectivity index (χ0v) is 13.2. The van der Waals surface area contributed by atoms with Gasteiger partial charge in [-0.1, -0.05) is 13.8 Å². The first-order valence-corrected chi connectivity index (χ1v) is 8.58. The highest BCUT2D eigenvalue weighted by molar-refractivity contribution is 5.76. The van der Waals surface area contributed by atoms with Gasteiger partial charge in [-0.05, 0) is 75.2 Å².